The quantitative estimate of drug-likeness (QED) is 0.325. The van der Waals surface area contributed by atoms with Crippen molar-refractivity contribution in [2.75, 3.05) is 32.9 Å². The summed E-state index contributed by atoms with van der Waals surface area (Å²) in [5, 5.41) is 9.51. The summed E-state index contributed by atoms with van der Waals surface area (Å²) in [7, 11) is 0. The summed E-state index contributed by atoms with van der Waals surface area (Å²) in [6, 6.07) is 42.4. The average molecular weight is 480 g/mol. The fourth-order valence-electron chi connectivity index (χ4n) is 5.49. The van der Waals surface area contributed by atoms with E-state index in [4.69, 9.17) is 9.47 Å². The number of hydrogen-bond donors (Lipinski definition) is 1. The van der Waals surface area contributed by atoms with Crippen molar-refractivity contribution >= 4 is 0 Å². The Morgan fingerprint density at radius 3 is 1.69 bits per heavy atom. The van der Waals surface area contributed by atoms with Gasteiger partial charge in [-0.2, -0.15) is 0 Å². The first-order valence-corrected chi connectivity index (χ1v) is 12.6. The van der Waals surface area contributed by atoms with E-state index in [1.165, 1.54) is 16.7 Å². The molecule has 1 saturated heterocycles. The summed E-state index contributed by atoms with van der Waals surface area (Å²) in [5.74, 6) is 0. The Morgan fingerprint density at radius 2 is 1.22 bits per heavy atom. The molecule has 1 fully saturated rings. The molecule has 0 radical (unpaired) electrons. The monoisotopic (exact) mass is 479 g/mol. The van der Waals surface area contributed by atoms with Gasteiger partial charge in [-0.3, -0.25) is 4.90 Å². The molecule has 2 atom stereocenters. The SMILES string of the molecule is OCCOC(c1ccccc1)C1CN(C(c2ccccc2)(c2ccccc2)c2ccccc2)CCO1. The van der Waals surface area contributed by atoms with Crippen molar-refractivity contribution in [3.05, 3.63) is 144 Å². The van der Waals surface area contributed by atoms with Crippen LogP contribution in [0.25, 0.3) is 0 Å². The van der Waals surface area contributed by atoms with Gasteiger partial charge in [0.25, 0.3) is 0 Å². The third-order valence-electron chi connectivity index (χ3n) is 7.00. The molecule has 0 saturated carbocycles. The van der Waals surface area contributed by atoms with Gasteiger partial charge in [0.15, 0.2) is 0 Å². The highest BCUT2D eigenvalue weighted by atomic mass is 16.5. The van der Waals surface area contributed by atoms with Crippen LogP contribution in [0.1, 0.15) is 28.4 Å². The smallest absolute Gasteiger partial charge is 0.110 e. The van der Waals surface area contributed by atoms with Crippen LogP contribution in [0.5, 0.6) is 0 Å². The predicted octanol–water partition coefficient (Wildman–Crippen LogP) is 5.43. The third-order valence-corrected chi connectivity index (χ3v) is 7.00. The molecule has 2 unspecified atom stereocenters. The molecule has 0 spiro atoms. The van der Waals surface area contributed by atoms with Gasteiger partial charge in [-0.25, -0.2) is 0 Å². The van der Waals surface area contributed by atoms with E-state index in [-0.39, 0.29) is 25.4 Å². The minimum atomic E-state index is -0.496. The van der Waals surface area contributed by atoms with Gasteiger partial charge in [0.2, 0.25) is 0 Å². The van der Waals surface area contributed by atoms with Gasteiger partial charge in [-0.05, 0) is 22.3 Å². The molecule has 0 bridgehead atoms. The van der Waals surface area contributed by atoms with Gasteiger partial charge >= 0.3 is 0 Å². The van der Waals surface area contributed by atoms with E-state index in [1.807, 2.05) is 18.2 Å². The fourth-order valence-corrected chi connectivity index (χ4v) is 5.49. The Labute approximate surface area is 213 Å². The maximum Gasteiger partial charge on any atom is 0.110 e. The predicted molar refractivity (Wildman–Crippen MR) is 143 cm³/mol. The second kappa shape index (κ2) is 11.6. The molecule has 0 aromatic heterocycles. The van der Waals surface area contributed by atoms with Crippen molar-refractivity contribution in [3.63, 3.8) is 0 Å². The van der Waals surface area contributed by atoms with Crippen molar-refractivity contribution < 1.29 is 14.6 Å². The third kappa shape index (κ3) is 4.86. The summed E-state index contributed by atoms with van der Waals surface area (Å²) >= 11 is 0. The van der Waals surface area contributed by atoms with E-state index in [9.17, 15) is 5.11 Å². The van der Waals surface area contributed by atoms with Gasteiger partial charge in [-0.15, -0.1) is 0 Å². The minimum absolute atomic E-state index is 0.0260. The van der Waals surface area contributed by atoms with Gasteiger partial charge in [0.05, 0.1) is 25.4 Å². The summed E-state index contributed by atoms with van der Waals surface area (Å²) in [5.41, 5.74) is 4.22. The van der Waals surface area contributed by atoms with Gasteiger partial charge in [0, 0.05) is 13.1 Å². The number of ether oxygens (including phenoxy) is 2. The average Bonchev–Trinajstić information content (AvgIpc) is 2.96. The van der Waals surface area contributed by atoms with E-state index < -0.39 is 5.54 Å². The topological polar surface area (TPSA) is 41.9 Å². The van der Waals surface area contributed by atoms with Crippen molar-refractivity contribution in [2.45, 2.75) is 17.7 Å². The van der Waals surface area contributed by atoms with E-state index in [0.29, 0.717) is 13.2 Å². The first-order chi connectivity index (χ1) is 17.8. The van der Waals surface area contributed by atoms with E-state index >= 15 is 0 Å². The summed E-state index contributed by atoms with van der Waals surface area (Å²) in [6.07, 6.45) is -0.468. The Hall–Kier alpha value is -3.28. The van der Waals surface area contributed by atoms with Crippen LogP contribution in [-0.2, 0) is 15.0 Å². The summed E-state index contributed by atoms with van der Waals surface area (Å²) in [4.78, 5) is 2.54. The zero-order valence-corrected chi connectivity index (χ0v) is 20.4. The van der Waals surface area contributed by atoms with Gasteiger partial charge in [0.1, 0.15) is 12.2 Å². The molecular formula is C32H33NO3. The normalized spacial score (nSPS) is 17.5. The summed E-state index contributed by atoms with van der Waals surface area (Å²) in [6.45, 7) is 2.27. The molecule has 5 rings (SSSR count). The van der Waals surface area contributed by atoms with Crippen LogP contribution in [0, 0.1) is 0 Å². The number of aliphatic hydroxyl groups is 1. The Balaban J connectivity index is 1.63. The second-order valence-electron chi connectivity index (χ2n) is 9.09. The van der Waals surface area contributed by atoms with Gasteiger partial charge in [-0.1, -0.05) is 121 Å². The molecule has 36 heavy (non-hydrogen) atoms. The van der Waals surface area contributed by atoms with Gasteiger partial charge < -0.3 is 14.6 Å². The van der Waals surface area contributed by atoms with E-state index in [0.717, 1.165) is 12.1 Å². The van der Waals surface area contributed by atoms with Crippen LogP contribution in [0.4, 0.5) is 0 Å². The van der Waals surface area contributed by atoms with E-state index in [2.05, 4.69) is 108 Å². The Morgan fingerprint density at radius 1 is 0.750 bits per heavy atom. The Kier molecular flexibility index (Phi) is 7.89. The maximum atomic E-state index is 9.51. The maximum absolute atomic E-state index is 9.51. The number of benzene rings is 4. The first-order valence-electron chi connectivity index (χ1n) is 12.6. The van der Waals surface area contributed by atoms with Crippen molar-refractivity contribution in [1.29, 1.82) is 0 Å². The fraction of sp³-hybridized carbons (Fsp3) is 0.250. The second-order valence-corrected chi connectivity index (χ2v) is 9.09. The molecular weight excluding hydrogens is 446 g/mol. The van der Waals surface area contributed by atoms with Crippen LogP contribution < -0.4 is 0 Å². The number of hydrogen-bond acceptors (Lipinski definition) is 4. The zero-order valence-electron chi connectivity index (χ0n) is 20.4. The lowest BCUT2D eigenvalue weighted by molar-refractivity contribution is -0.129. The number of rotatable bonds is 9. The van der Waals surface area contributed by atoms with Crippen LogP contribution >= 0.6 is 0 Å². The molecule has 1 heterocycles. The molecule has 4 heteroatoms. The minimum Gasteiger partial charge on any atom is -0.394 e. The number of aliphatic hydroxyl groups excluding tert-OH is 1. The molecule has 0 amide bonds. The molecule has 1 N–H and O–H groups in total. The molecule has 1 aliphatic heterocycles. The highest BCUT2D eigenvalue weighted by Crippen LogP contribution is 2.44. The lowest BCUT2D eigenvalue weighted by Crippen LogP contribution is -2.56. The van der Waals surface area contributed by atoms with Crippen LogP contribution in [0.15, 0.2) is 121 Å². The highest BCUT2D eigenvalue weighted by molar-refractivity contribution is 5.49. The van der Waals surface area contributed by atoms with Crippen molar-refractivity contribution in [1.82, 2.24) is 4.90 Å². The molecule has 4 aromatic carbocycles. The van der Waals surface area contributed by atoms with Crippen molar-refractivity contribution in [3.8, 4) is 0 Å². The molecule has 4 nitrogen and oxygen atoms in total. The molecule has 184 valence electrons. The standard InChI is InChI=1S/C32H33NO3/c34-22-24-36-31(26-13-5-1-6-14-26)30-25-33(21-23-35-30)32(27-15-7-2-8-16-27,28-17-9-3-10-18-28)29-19-11-4-12-20-29/h1-20,30-31,34H,21-25H2. The lowest BCUT2D eigenvalue weighted by Gasteiger charge is -2.49. The van der Waals surface area contributed by atoms with E-state index in [1.54, 1.807) is 0 Å². The number of morpholine rings is 1. The molecule has 0 aliphatic carbocycles. The van der Waals surface area contributed by atoms with Crippen LogP contribution in [0.2, 0.25) is 0 Å². The summed E-state index contributed by atoms with van der Waals surface area (Å²) < 4.78 is 12.6. The van der Waals surface area contributed by atoms with Crippen LogP contribution in [0.3, 0.4) is 0 Å². The molecule has 1 aliphatic rings. The van der Waals surface area contributed by atoms with Crippen LogP contribution in [-0.4, -0.2) is 49.0 Å². The van der Waals surface area contributed by atoms with Crippen molar-refractivity contribution in [2.24, 2.45) is 0 Å². The highest BCUT2D eigenvalue weighted by Gasteiger charge is 2.45. The zero-order chi connectivity index (χ0) is 24.6. The molecule has 4 aromatic rings. The largest absolute Gasteiger partial charge is 0.394 e. The lowest BCUT2D eigenvalue weighted by atomic mass is 9.75. The first kappa shape index (κ1) is 24.4. The number of nitrogens with zero attached hydrogens (tertiary/aromatic N) is 1. The Bertz CT molecular complexity index is 1090.